The number of nitrogens with zero attached hydrogens (tertiary/aromatic N) is 2. The lowest BCUT2D eigenvalue weighted by Gasteiger charge is -2.07. The molecule has 1 amide bonds. The zero-order chi connectivity index (χ0) is 13.8. The molecule has 1 aromatic carbocycles. The first-order valence-electron chi connectivity index (χ1n) is 5.59. The van der Waals surface area contributed by atoms with Gasteiger partial charge in [0.05, 0.1) is 12.7 Å². The van der Waals surface area contributed by atoms with Gasteiger partial charge >= 0.3 is 0 Å². The Labute approximate surface area is 110 Å². The molecule has 0 unspecified atom stereocenters. The zero-order valence-electron chi connectivity index (χ0n) is 10.5. The number of carbonyl (C=O) groups is 1. The first kappa shape index (κ1) is 12.8. The third-order valence-electron chi connectivity index (χ3n) is 2.41. The highest BCUT2D eigenvalue weighted by Gasteiger charge is 2.12. The molecular formula is C13H13N3O3. The Hall–Kier alpha value is -2.63. The number of para-hydroxylation sites is 1. The quantitative estimate of drug-likeness (QED) is 0.877. The van der Waals surface area contributed by atoms with Gasteiger partial charge < -0.3 is 9.84 Å². The number of hydrogen-bond donors (Lipinski definition) is 2. The van der Waals surface area contributed by atoms with Crippen LogP contribution in [0.1, 0.15) is 16.1 Å². The first-order valence-corrected chi connectivity index (χ1v) is 5.59. The van der Waals surface area contributed by atoms with Crippen LogP contribution in [0.5, 0.6) is 11.6 Å². The molecular weight excluding hydrogens is 246 g/mol. The summed E-state index contributed by atoms with van der Waals surface area (Å²) in [6, 6.07) is 7.89. The Bertz CT molecular complexity index is 614. The van der Waals surface area contributed by atoms with Crippen LogP contribution in [0.3, 0.4) is 0 Å². The van der Waals surface area contributed by atoms with Crippen LogP contribution >= 0.6 is 0 Å². The molecule has 0 atom stereocenters. The number of phenols is 1. The molecule has 0 saturated heterocycles. The number of hydrogen-bond acceptors (Lipinski definition) is 5. The Kier molecular flexibility index (Phi) is 3.61. The lowest BCUT2D eigenvalue weighted by molar-refractivity contribution is 0.102. The lowest BCUT2D eigenvalue weighted by Crippen LogP contribution is -2.15. The topological polar surface area (TPSA) is 84.3 Å². The molecule has 0 aliphatic heterocycles. The van der Waals surface area contributed by atoms with Gasteiger partial charge in [-0.2, -0.15) is 4.98 Å². The molecule has 2 N–H and O–H groups in total. The zero-order valence-corrected chi connectivity index (χ0v) is 10.5. The van der Waals surface area contributed by atoms with E-state index < -0.39 is 5.91 Å². The van der Waals surface area contributed by atoms with E-state index in [1.54, 1.807) is 25.1 Å². The van der Waals surface area contributed by atoms with Crippen LogP contribution in [-0.2, 0) is 0 Å². The molecule has 1 heterocycles. The van der Waals surface area contributed by atoms with Crippen molar-refractivity contribution in [3.05, 3.63) is 41.6 Å². The number of nitrogens with one attached hydrogen (secondary N) is 1. The summed E-state index contributed by atoms with van der Waals surface area (Å²) in [6.07, 6.45) is 0. The van der Waals surface area contributed by atoms with E-state index in [0.29, 0.717) is 11.6 Å². The summed E-state index contributed by atoms with van der Waals surface area (Å²) >= 11 is 0. The molecule has 98 valence electrons. The predicted octanol–water partition coefficient (Wildman–Crippen LogP) is 1.75. The van der Waals surface area contributed by atoms with Gasteiger partial charge in [0.25, 0.3) is 5.91 Å². The van der Waals surface area contributed by atoms with Gasteiger partial charge in [0.2, 0.25) is 11.8 Å². The Balaban J connectivity index is 2.24. The average molecular weight is 259 g/mol. The number of aromatic nitrogens is 2. The van der Waals surface area contributed by atoms with Gasteiger partial charge in [-0.05, 0) is 19.1 Å². The van der Waals surface area contributed by atoms with Crippen LogP contribution in [0.2, 0.25) is 0 Å². The molecule has 0 bridgehead atoms. The van der Waals surface area contributed by atoms with Crippen LogP contribution in [-0.4, -0.2) is 28.1 Å². The molecule has 0 saturated carbocycles. The number of aryl methyl sites for hydroxylation is 1. The number of phenolic OH excluding ortho intramolecular Hbond substituents is 1. The summed E-state index contributed by atoms with van der Waals surface area (Å²) in [5.41, 5.74) is 0.825. The highest BCUT2D eigenvalue weighted by atomic mass is 16.5. The van der Waals surface area contributed by atoms with Crippen molar-refractivity contribution < 1.29 is 14.6 Å². The minimum Gasteiger partial charge on any atom is -0.507 e. The van der Waals surface area contributed by atoms with Crippen LogP contribution in [0.25, 0.3) is 0 Å². The summed E-state index contributed by atoms with van der Waals surface area (Å²) in [5, 5.41) is 12.1. The number of aromatic hydroxyl groups is 1. The van der Waals surface area contributed by atoms with E-state index in [-0.39, 0.29) is 17.3 Å². The minimum absolute atomic E-state index is 0.0976. The van der Waals surface area contributed by atoms with E-state index >= 15 is 0 Å². The van der Waals surface area contributed by atoms with Crippen molar-refractivity contribution in [2.24, 2.45) is 0 Å². The van der Waals surface area contributed by atoms with E-state index in [1.807, 2.05) is 0 Å². The highest BCUT2D eigenvalue weighted by molar-refractivity contribution is 6.05. The molecule has 2 rings (SSSR count). The van der Waals surface area contributed by atoms with Crippen molar-refractivity contribution in [1.29, 1.82) is 0 Å². The van der Waals surface area contributed by atoms with Crippen molar-refractivity contribution in [1.82, 2.24) is 9.97 Å². The van der Waals surface area contributed by atoms with Gasteiger partial charge in [0.1, 0.15) is 5.75 Å². The third-order valence-corrected chi connectivity index (χ3v) is 2.41. The molecule has 2 aromatic rings. The second-order valence-corrected chi connectivity index (χ2v) is 3.85. The maximum atomic E-state index is 12.0. The summed E-state index contributed by atoms with van der Waals surface area (Å²) in [7, 11) is 1.48. The van der Waals surface area contributed by atoms with Gasteiger partial charge in [0.15, 0.2) is 0 Å². The summed E-state index contributed by atoms with van der Waals surface area (Å²) in [4.78, 5) is 20.0. The Morgan fingerprint density at radius 2 is 2.05 bits per heavy atom. The van der Waals surface area contributed by atoms with E-state index in [2.05, 4.69) is 15.3 Å². The van der Waals surface area contributed by atoms with Gasteiger partial charge in [-0.25, -0.2) is 4.98 Å². The summed E-state index contributed by atoms with van der Waals surface area (Å²) < 4.78 is 4.99. The third kappa shape index (κ3) is 2.98. The van der Waals surface area contributed by atoms with Crippen molar-refractivity contribution in [2.75, 3.05) is 12.4 Å². The maximum absolute atomic E-state index is 12.0. The largest absolute Gasteiger partial charge is 0.507 e. The lowest BCUT2D eigenvalue weighted by atomic mass is 10.2. The molecule has 0 aliphatic rings. The molecule has 0 radical (unpaired) electrons. The monoisotopic (exact) mass is 259 g/mol. The Morgan fingerprint density at radius 1 is 1.32 bits per heavy atom. The maximum Gasteiger partial charge on any atom is 0.261 e. The first-order chi connectivity index (χ1) is 9.10. The van der Waals surface area contributed by atoms with E-state index in [4.69, 9.17) is 4.74 Å². The summed E-state index contributed by atoms with van der Waals surface area (Å²) in [5.74, 6) is -0.0874. The number of amides is 1. The molecule has 6 nitrogen and oxygen atoms in total. The number of ether oxygens (including phenoxy) is 1. The molecule has 0 spiro atoms. The Morgan fingerprint density at radius 3 is 2.74 bits per heavy atom. The molecule has 6 heteroatoms. The molecule has 0 aliphatic carbocycles. The average Bonchev–Trinajstić information content (AvgIpc) is 2.38. The van der Waals surface area contributed by atoms with E-state index in [1.165, 1.54) is 19.2 Å². The number of anilines is 1. The van der Waals surface area contributed by atoms with Crippen LogP contribution in [0.15, 0.2) is 30.3 Å². The van der Waals surface area contributed by atoms with Crippen molar-refractivity contribution in [3.63, 3.8) is 0 Å². The minimum atomic E-state index is -0.481. The molecule has 1 aromatic heterocycles. The smallest absolute Gasteiger partial charge is 0.261 e. The van der Waals surface area contributed by atoms with Gasteiger partial charge in [-0.3, -0.25) is 10.1 Å². The highest BCUT2D eigenvalue weighted by Crippen LogP contribution is 2.17. The normalized spacial score (nSPS) is 10.0. The number of benzene rings is 1. The van der Waals surface area contributed by atoms with Gasteiger partial charge in [0, 0.05) is 11.8 Å². The number of rotatable bonds is 3. The van der Waals surface area contributed by atoms with Gasteiger partial charge in [-0.15, -0.1) is 0 Å². The summed E-state index contributed by atoms with van der Waals surface area (Å²) in [6.45, 7) is 1.76. The standard InChI is InChI=1S/C13H13N3O3/c1-8-7-11(19-2)15-13(14-8)16-12(18)9-5-3-4-6-10(9)17/h3-7,17H,1-2H3,(H,14,15,16,18). The van der Waals surface area contributed by atoms with Gasteiger partial charge in [-0.1, -0.05) is 12.1 Å². The second-order valence-electron chi connectivity index (χ2n) is 3.85. The second kappa shape index (κ2) is 5.34. The van der Waals surface area contributed by atoms with Crippen LogP contribution < -0.4 is 10.1 Å². The fraction of sp³-hybridized carbons (Fsp3) is 0.154. The van der Waals surface area contributed by atoms with Crippen molar-refractivity contribution in [2.45, 2.75) is 6.92 Å². The fourth-order valence-corrected chi connectivity index (χ4v) is 1.53. The van der Waals surface area contributed by atoms with E-state index in [0.717, 1.165) is 0 Å². The SMILES string of the molecule is COc1cc(C)nc(NC(=O)c2ccccc2O)n1. The molecule has 19 heavy (non-hydrogen) atoms. The van der Waals surface area contributed by atoms with Crippen LogP contribution in [0.4, 0.5) is 5.95 Å². The van der Waals surface area contributed by atoms with Crippen LogP contribution in [0, 0.1) is 6.92 Å². The van der Waals surface area contributed by atoms with Crippen molar-refractivity contribution >= 4 is 11.9 Å². The number of carbonyl (C=O) groups excluding carboxylic acids is 1. The number of methoxy groups -OCH3 is 1. The van der Waals surface area contributed by atoms with Crippen molar-refractivity contribution in [3.8, 4) is 11.6 Å². The molecule has 0 fully saturated rings. The predicted molar refractivity (Wildman–Crippen MR) is 69.4 cm³/mol. The fourth-order valence-electron chi connectivity index (χ4n) is 1.53. The van der Waals surface area contributed by atoms with E-state index in [9.17, 15) is 9.90 Å².